The second kappa shape index (κ2) is 4.83. The summed E-state index contributed by atoms with van der Waals surface area (Å²) in [6.45, 7) is 0. The Bertz CT molecular complexity index is 882. The van der Waals surface area contributed by atoms with Crippen molar-refractivity contribution in [2.75, 3.05) is 0 Å². The first-order chi connectivity index (χ1) is 10.4. The summed E-state index contributed by atoms with van der Waals surface area (Å²) in [4.78, 5) is 8.53. The monoisotopic (exact) mass is 272 g/mol. The Morgan fingerprint density at radius 2 is 1.67 bits per heavy atom. The van der Waals surface area contributed by atoms with Crippen molar-refractivity contribution >= 4 is 5.52 Å². The van der Waals surface area contributed by atoms with Crippen LogP contribution in [0.25, 0.3) is 28.0 Å². The molecule has 0 atom stereocenters. The van der Waals surface area contributed by atoms with E-state index in [1.165, 1.54) is 0 Å². The minimum Gasteiger partial charge on any atom is -0.265 e. The van der Waals surface area contributed by atoms with Crippen LogP contribution in [0.4, 0.5) is 0 Å². The van der Waals surface area contributed by atoms with Gasteiger partial charge in [0.15, 0.2) is 0 Å². The molecule has 21 heavy (non-hydrogen) atoms. The van der Waals surface area contributed by atoms with Crippen molar-refractivity contribution in [3.63, 3.8) is 0 Å². The van der Waals surface area contributed by atoms with Crippen LogP contribution in [0.2, 0.25) is 0 Å². The lowest BCUT2D eigenvalue weighted by Gasteiger charge is -2.02. The molecule has 0 aliphatic heterocycles. The average Bonchev–Trinajstić information content (AvgIpc) is 2.96. The lowest BCUT2D eigenvalue weighted by molar-refractivity contribution is 0.962. The molecule has 4 aromatic rings. The first kappa shape index (κ1) is 11.8. The van der Waals surface area contributed by atoms with Crippen LogP contribution < -0.4 is 0 Å². The minimum atomic E-state index is 0.869. The van der Waals surface area contributed by atoms with Crippen molar-refractivity contribution in [3.8, 4) is 22.5 Å². The third kappa shape index (κ3) is 1.97. The van der Waals surface area contributed by atoms with Crippen LogP contribution in [-0.2, 0) is 0 Å². The summed E-state index contributed by atoms with van der Waals surface area (Å²) in [5.74, 6) is 0. The molecule has 4 heterocycles. The summed E-state index contributed by atoms with van der Waals surface area (Å²) in [6, 6.07) is 15.9. The maximum atomic E-state index is 4.69. The second-order valence-electron chi connectivity index (χ2n) is 4.70. The van der Waals surface area contributed by atoms with E-state index in [4.69, 9.17) is 5.10 Å². The van der Waals surface area contributed by atoms with Gasteiger partial charge in [-0.25, -0.2) is 4.52 Å². The number of fused-ring (bicyclic) bond motifs is 1. The van der Waals surface area contributed by atoms with Crippen molar-refractivity contribution in [1.29, 1.82) is 0 Å². The highest BCUT2D eigenvalue weighted by atomic mass is 15.2. The Labute approximate surface area is 121 Å². The van der Waals surface area contributed by atoms with Gasteiger partial charge < -0.3 is 0 Å². The van der Waals surface area contributed by atoms with E-state index in [2.05, 4.69) is 16.0 Å². The number of rotatable bonds is 2. The predicted octanol–water partition coefficient (Wildman–Crippen LogP) is 3.46. The zero-order chi connectivity index (χ0) is 14.1. The summed E-state index contributed by atoms with van der Waals surface area (Å²) in [5, 5.41) is 4.69. The zero-order valence-corrected chi connectivity index (χ0v) is 11.2. The molecule has 4 rings (SSSR count). The molecule has 0 aliphatic carbocycles. The second-order valence-corrected chi connectivity index (χ2v) is 4.70. The Balaban J connectivity index is 2.07. The molecule has 0 spiro atoms. The van der Waals surface area contributed by atoms with E-state index in [1.54, 1.807) is 18.6 Å². The van der Waals surface area contributed by atoms with Gasteiger partial charge in [-0.3, -0.25) is 9.97 Å². The van der Waals surface area contributed by atoms with Crippen LogP contribution in [0.5, 0.6) is 0 Å². The van der Waals surface area contributed by atoms with Crippen LogP contribution in [0.1, 0.15) is 0 Å². The smallest absolute Gasteiger partial charge is 0.120 e. The van der Waals surface area contributed by atoms with E-state index in [0.29, 0.717) is 0 Å². The van der Waals surface area contributed by atoms with E-state index < -0.39 is 0 Å². The summed E-state index contributed by atoms with van der Waals surface area (Å²) >= 11 is 0. The van der Waals surface area contributed by atoms with Gasteiger partial charge in [-0.1, -0.05) is 12.1 Å². The van der Waals surface area contributed by atoms with Crippen LogP contribution in [0, 0.1) is 0 Å². The highest BCUT2D eigenvalue weighted by Crippen LogP contribution is 2.33. The van der Waals surface area contributed by atoms with Crippen LogP contribution in [-0.4, -0.2) is 19.6 Å². The Morgan fingerprint density at radius 1 is 0.810 bits per heavy atom. The Kier molecular flexibility index (Phi) is 2.71. The van der Waals surface area contributed by atoms with Crippen LogP contribution in [0.15, 0.2) is 73.3 Å². The third-order valence-electron chi connectivity index (χ3n) is 3.42. The summed E-state index contributed by atoms with van der Waals surface area (Å²) < 4.78 is 1.89. The quantitative estimate of drug-likeness (QED) is 0.561. The van der Waals surface area contributed by atoms with Gasteiger partial charge in [0.25, 0.3) is 0 Å². The van der Waals surface area contributed by atoms with Crippen LogP contribution in [0.3, 0.4) is 0 Å². The predicted molar refractivity (Wildman–Crippen MR) is 81.7 cm³/mol. The molecule has 0 bridgehead atoms. The number of hydrogen-bond donors (Lipinski definition) is 0. The van der Waals surface area contributed by atoms with E-state index in [1.807, 2.05) is 53.2 Å². The normalized spacial score (nSPS) is 10.9. The van der Waals surface area contributed by atoms with Crippen molar-refractivity contribution in [1.82, 2.24) is 19.6 Å². The minimum absolute atomic E-state index is 0.869. The lowest BCUT2D eigenvalue weighted by Crippen LogP contribution is -1.87. The van der Waals surface area contributed by atoms with Gasteiger partial charge in [0, 0.05) is 30.4 Å². The molecule has 4 aromatic heterocycles. The van der Waals surface area contributed by atoms with Gasteiger partial charge in [0.05, 0.1) is 11.2 Å². The number of pyridine rings is 3. The average molecular weight is 272 g/mol. The van der Waals surface area contributed by atoms with Crippen LogP contribution >= 0.6 is 0 Å². The maximum Gasteiger partial charge on any atom is 0.120 e. The molecule has 0 radical (unpaired) electrons. The van der Waals surface area contributed by atoms with Crippen molar-refractivity contribution < 1.29 is 0 Å². The van der Waals surface area contributed by atoms with Crippen molar-refractivity contribution in [3.05, 3.63) is 73.3 Å². The molecule has 0 saturated carbocycles. The van der Waals surface area contributed by atoms with E-state index in [-0.39, 0.29) is 0 Å². The molecule has 4 nitrogen and oxygen atoms in total. The molecular formula is C17H12N4. The fourth-order valence-electron chi connectivity index (χ4n) is 2.48. The largest absolute Gasteiger partial charge is 0.265 e. The lowest BCUT2D eigenvalue weighted by atomic mass is 10.0. The molecule has 0 aromatic carbocycles. The van der Waals surface area contributed by atoms with Crippen molar-refractivity contribution in [2.45, 2.75) is 0 Å². The molecule has 100 valence electrons. The molecular weight excluding hydrogens is 260 g/mol. The van der Waals surface area contributed by atoms with E-state index in [9.17, 15) is 0 Å². The third-order valence-corrected chi connectivity index (χ3v) is 3.42. The molecule has 0 unspecified atom stereocenters. The molecule has 0 amide bonds. The van der Waals surface area contributed by atoms with E-state index in [0.717, 1.165) is 28.0 Å². The van der Waals surface area contributed by atoms with Gasteiger partial charge in [-0.05, 0) is 42.0 Å². The van der Waals surface area contributed by atoms with Crippen molar-refractivity contribution in [2.24, 2.45) is 0 Å². The summed E-state index contributed by atoms with van der Waals surface area (Å²) in [5.41, 5.74) is 4.98. The molecule has 0 N–H and O–H groups in total. The molecule has 0 aliphatic rings. The molecule has 0 fully saturated rings. The topological polar surface area (TPSA) is 43.1 Å². The summed E-state index contributed by atoms with van der Waals surface area (Å²) in [7, 11) is 0. The first-order valence-electron chi connectivity index (χ1n) is 6.72. The number of hydrogen-bond acceptors (Lipinski definition) is 3. The molecule has 4 heteroatoms. The Hall–Kier alpha value is -3.01. The van der Waals surface area contributed by atoms with Gasteiger partial charge in [0.1, 0.15) is 5.69 Å². The highest BCUT2D eigenvalue weighted by Gasteiger charge is 2.16. The Morgan fingerprint density at radius 3 is 2.48 bits per heavy atom. The van der Waals surface area contributed by atoms with Gasteiger partial charge >= 0.3 is 0 Å². The zero-order valence-electron chi connectivity index (χ0n) is 11.2. The maximum absolute atomic E-state index is 4.69. The summed E-state index contributed by atoms with van der Waals surface area (Å²) in [6.07, 6.45) is 7.33. The van der Waals surface area contributed by atoms with E-state index >= 15 is 0 Å². The fourth-order valence-corrected chi connectivity index (χ4v) is 2.48. The molecule has 0 saturated heterocycles. The number of nitrogens with zero attached hydrogens (tertiary/aromatic N) is 4. The highest BCUT2D eigenvalue weighted by molar-refractivity contribution is 5.91. The van der Waals surface area contributed by atoms with Gasteiger partial charge in [0.2, 0.25) is 0 Å². The number of aromatic nitrogens is 4. The van der Waals surface area contributed by atoms with Gasteiger partial charge in [-0.15, -0.1) is 0 Å². The fraction of sp³-hybridized carbons (Fsp3) is 0. The first-order valence-corrected chi connectivity index (χ1v) is 6.72. The van der Waals surface area contributed by atoms with Gasteiger partial charge in [-0.2, -0.15) is 5.10 Å². The standard InChI is InChI=1S/C17H12N4/c1-3-9-19-14(5-1)17-16(13-7-10-18-11-8-13)15-6-2-4-12-21(15)20-17/h1-12H. The SMILES string of the molecule is c1ccc(-c2nn3ccccc3c2-c2ccncc2)nc1.